The highest BCUT2D eigenvalue weighted by molar-refractivity contribution is 6.41. The molecule has 8 nitrogen and oxygen atoms in total. The molecule has 0 saturated carbocycles. The van der Waals surface area contributed by atoms with E-state index in [2.05, 4.69) is 46.0 Å². The van der Waals surface area contributed by atoms with Gasteiger partial charge in [-0.15, -0.1) is 11.6 Å². The quantitative estimate of drug-likeness (QED) is 0.201. The van der Waals surface area contributed by atoms with Gasteiger partial charge in [0, 0.05) is 67.0 Å². The molecule has 1 unspecified atom stereocenters. The maximum absolute atomic E-state index is 14.8. The molecule has 0 aliphatic carbocycles. The number of nitrogens with one attached hydrogen (secondary N) is 1. The van der Waals surface area contributed by atoms with Crippen molar-refractivity contribution in [1.29, 1.82) is 0 Å². The predicted octanol–water partition coefficient (Wildman–Crippen LogP) is 3.70. The van der Waals surface area contributed by atoms with Crippen molar-refractivity contribution < 1.29 is 9.13 Å². The third-order valence-corrected chi connectivity index (χ3v) is 6.98. The molecule has 1 aromatic heterocycles. The smallest absolute Gasteiger partial charge is 0.173 e. The lowest BCUT2D eigenvalue weighted by Crippen LogP contribution is -2.69. The van der Waals surface area contributed by atoms with E-state index < -0.39 is 17.4 Å². The fraction of sp³-hybridized carbons (Fsp3) is 0.423. The Morgan fingerprint density at radius 2 is 2.05 bits per heavy atom. The molecule has 0 radical (unpaired) electrons. The van der Waals surface area contributed by atoms with E-state index in [0.29, 0.717) is 29.4 Å². The van der Waals surface area contributed by atoms with Crippen LogP contribution in [-0.4, -0.2) is 66.8 Å². The molecule has 0 spiro atoms. The summed E-state index contributed by atoms with van der Waals surface area (Å²) < 4.78 is 20.6. The topological polar surface area (TPSA) is 114 Å². The number of allylic oxidation sites excluding steroid dienone is 1. The number of halogens is 3. The average molecular weight is 548 g/mol. The summed E-state index contributed by atoms with van der Waals surface area (Å²) in [6.45, 7) is 8.54. The Labute approximate surface area is 226 Å². The summed E-state index contributed by atoms with van der Waals surface area (Å²) in [6.07, 6.45) is 2.13. The Hall–Kier alpha value is -2.72. The summed E-state index contributed by atoms with van der Waals surface area (Å²) in [4.78, 5) is 15.3. The van der Waals surface area contributed by atoms with E-state index >= 15 is 0 Å². The zero-order valence-electron chi connectivity index (χ0n) is 21.3. The van der Waals surface area contributed by atoms with Crippen molar-refractivity contribution >= 4 is 46.6 Å². The molecule has 2 atom stereocenters. The highest BCUT2D eigenvalue weighted by Gasteiger charge is 2.39. The number of benzene rings is 1. The second kappa shape index (κ2) is 10.9. The maximum Gasteiger partial charge on any atom is 0.173 e. The van der Waals surface area contributed by atoms with Gasteiger partial charge in [-0.3, -0.25) is 15.7 Å². The molecule has 2 aromatic rings. The van der Waals surface area contributed by atoms with Crippen LogP contribution in [0, 0.1) is 5.82 Å². The minimum Gasteiger partial charge on any atom is -0.468 e. The van der Waals surface area contributed by atoms with Crippen LogP contribution in [0.25, 0.3) is 0 Å². The van der Waals surface area contributed by atoms with Gasteiger partial charge in [-0.25, -0.2) is 9.37 Å². The van der Waals surface area contributed by atoms with Gasteiger partial charge in [0.15, 0.2) is 17.8 Å². The molecular weight excluding hydrogens is 516 g/mol. The number of nitrogens with zero attached hydrogens (tertiary/aromatic N) is 4. The zero-order chi connectivity index (χ0) is 26.9. The first kappa shape index (κ1) is 27.3. The van der Waals surface area contributed by atoms with Crippen LogP contribution in [0.3, 0.4) is 0 Å². The summed E-state index contributed by atoms with van der Waals surface area (Å²) in [6, 6.07) is 6.95. The molecule has 3 heterocycles. The molecule has 0 amide bonds. The first-order chi connectivity index (χ1) is 17.5. The van der Waals surface area contributed by atoms with Crippen molar-refractivity contribution in [2.75, 3.05) is 37.3 Å². The van der Waals surface area contributed by atoms with Crippen LogP contribution >= 0.6 is 23.2 Å². The Morgan fingerprint density at radius 3 is 2.65 bits per heavy atom. The van der Waals surface area contributed by atoms with E-state index in [1.165, 1.54) is 18.3 Å². The fourth-order valence-electron chi connectivity index (χ4n) is 4.79. The van der Waals surface area contributed by atoms with Crippen LogP contribution in [0.5, 0.6) is 5.75 Å². The summed E-state index contributed by atoms with van der Waals surface area (Å²) >= 11 is 12.5. The van der Waals surface area contributed by atoms with E-state index in [0.717, 1.165) is 24.5 Å². The van der Waals surface area contributed by atoms with Crippen molar-refractivity contribution in [3.05, 3.63) is 58.0 Å². The number of nitrogen functional groups attached to an aromatic ring is 1. The number of hydrogen-bond acceptors (Lipinski definition) is 8. The number of alkyl halides is 1. The van der Waals surface area contributed by atoms with E-state index in [9.17, 15) is 4.39 Å². The normalized spacial score (nSPS) is 20.3. The van der Waals surface area contributed by atoms with Gasteiger partial charge in [0.25, 0.3) is 0 Å². The number of aromatic nitrogens is 1. The SMILES string of the molecule is CN=C(c1ccc(N2CC(C)(NC(C)C)C2)nc1)c1cc(O[C@H](N)C2=C(Cl)C=NCC2Cl)c(F)cc1N. The summed E-state index contributed by atoms with van der Waals surface area (Å²) in [5.74, 6) is 0.119. The number of rotatable bonds is 8. The van der Waals surface area contributed by atoms with Crippen LogP contribution in [-0.2, 0) is 0 Å². The number of ether oxygens (including phenoxy) is 1. The number of nitrogens with two attached hydrogens (primary N) is 2. The second-order valence-corrected chi connectivity index (χ2v) is 10.8. The molecular formula is C26H32Cl2FN7O. The first-order valence-corrected chi connectivity index (χ1v) is 12.8. The van der Waals surface area contributed by atoms with Crippen LogP contribution in [0.2, 0.25) is 0 Å². The van der Waals surface area contributed by atoms with E-state index in [-0.39, 0.29) is 22.0 Å². The number of hydrogen-bond donors (Lipinski definition) is 3. The summed E-state index contributed by atoms with van der Waals surface area (Å²) in [5, 5.41) is 3.32. The van der Waals surface area contributed by atoms with Crippen molar-refractivity contribution in [2.24, 2.45) is 15.7 Å². The Bertz CT molecular complexity index is 1240. The minimum absolute atomic E-state index is 0.0680. The van der Waals surface area contributed by atoms with Crippen LogP contribution in [0.15, 0.2) is 51.1 Å². The molecule has 11 heteroatoms. The van der Waals surface area contributed by atoms with Gasteiger partial charge in [-0.2, -0.15) is 0 Å². The number of pyridine rings is 1. The molecule has 1 aromatic carbocycles. The van der Waals surface area contributed by atoms with Crippen LogP contribution in [0.1, 0.15) is 31.9 Å². The van der Waals surface area contributed by atoms with Crippen LogP contribution in [0.4, 0.5) is 15.9 Å². The first-order valence-electron chi connectivity index (χ1n) is 12.0. The third kappa shape index (κ3) is 5.90. The lowest BCUT2D eigenvalue weighted by Gasteiger charge is -2.50. The highest BCUT2D eigenvalue weighted by Crippen LogP contribution is 2.31. The van der Waals surface area contributed by atoms with Gasteiger partial charge >= 0.3 is 0 Å². The Morgan fingerprint density at radius 1 is 1.32 bits per heavy atom. The number of aliphatic imine (C=N–C) groups is 2. The molecule has 4 rings (SSSR count). The van der Waals surface area contributed by atoms with Gasteiger partial charge in [0.05, 0.1) is 28.2 Å². The molecule has 5 N–H and O–H groups in total. The molecule has 0 bridgehead atoms. The summed E-state index contributed by atoms with van der Waals surface area (Å²) in [7, 11) is 1.64. The van der Waals surface area contributed by atoms with Crippen LogP contribution < -0.4 is 26.4 Å². The second-order valence-electron chi connectivity index (χ2n) is 9.87. The molecule has 198 valence electrons. The Balaban J connectivity index is 1.54. The maximum atomic E-state index is 14.8. The van der Waals surface area contributed by atoms with E-state index in [4.69, 9.17) is 39.4 Å². The van der Waals surface area contributed by atoms with Gasteiger partial charge < -0.3 is 20.7 Å². The largest absolute Gasteiger partial charge is 0.468 e. The Kier molecular flexibility index (Phi) is 8.08. The highest BCUT2D eigenvalue weighted by atomic mass is 35.5. The van der Waals surface area contributed by atoms with Gasteiger partial charge in [-0.1, -0.05) is 25.4 Å². The van der Waals surface area contributed by atoms with Crippen molar-refractivity contribution in [1.82, 2.24) is 10.3 Å². The predicted molar refractivity (Wildman–Crippen MR) is 150 cm³/mol. The van der Waals surface area contributed by atoms with Crippen molar-refractivity contribution in [2.45, 2.75) is 44.0 Å². The lowest BCUT2D eigenvalue weighted by molar-refractivity contribution is 0.230. The molecule has 1 fully saturated rings. The fourth-order valence-corrected chi connectivity index (χ4v) is 5.48. The van der Waals surface area contributed by atoms with Crippen molar-refractivity contribution in [3.8, 4) is 5.75 Å². The average Bonchev–Trinajstić information content (AvgIpc) is 2.80. The molecule has 2 aliphatic heterocycles. The van der Waals surface area contributed by atoms with Gasteiger partial charge in [0.1, 0.15) is 5.82 Å². The van der Waals surface area contributed by atoms with Gasteiger partial charge in [-0.05, 0) is 25.1 Å². The van der Waals surface area contributed by atoms with Crippen molar-refractivity contribution in [3.63, 3.8) is 0 Å². The minimum atomic E-state index is -1.07. The number of anilines is 2. The number of dihydropyridines is 1. The van der Waals surface area contributed by atoms with E-state index in [1.807, 2.05) is 12.1 Å². The molecule has 37 heavy (non-hydrogen) atoms. The van der Waals surface area contributed by atoms with Gasteiger partial charge in [0.2, 0.25) is 0 Å². The molecule has 2 aliphatic rings. The summed E-state index contributed by atoms with van der Waals surface area (Å²) in [5.41, 5.74) is 14.9. The zero-order valence-corrected chi connectivity index (χ0v) is 22.8. The monoisotopic (exact) mass is 547 g/mol. The third-order valence-electron chi connectivity index (χ3n) is 6.29. The van der Waals surface area contributed by atoms with E-state index in [1.54, 1.807) is 13.2 Å². The lowest BCUT2D eigenvalue weighted by atomic mass is 9.91. The standard InChI is InChI=1S/C26H32Cl2FN7O/c1-14(2)35-26(3)12-36(13-26)22-6-5-15(9-34-22)24(32-4)16-7-21(19(29)8-20(16)30)37-25(31)23-17(27)10-33-11-18(23)28/h5-10,14,18,25,35H,11-13,30-31H2,1-4H3/t18?,25-/m0/s1. The molecule has 1 saturated heterocycles.